The first-order chi connectivity index (χ1) is 16.0. The molecule has 34 heavy (non-hydrogen) atoms. The topological polar surface area (TPSA) is 124 Å². The molecule has 0 saturated carbocycles. The van der Waals surface area contributed by atoms with Crippen LogP contribution in [0.2, 0.25) is 0 Å². The third-order valence-corrected chi connectivity index (χ3v) is 6.28. The number of carbonyl (C=O) groups is 1. The fourth-order valence-electron chi connectivity index (χ4n) is 3.58. The van der Waals surface area contributed by atoms with Crippen LogP contribution in [-0.2, 0) is 15.8 Å². The van der Waals surface area contributed by atoms with Gasteiger partial charge in [0.15, 0.2) is 0 Å². The Kier molecular flexibility index (Phi) is 6.09. The maximum absolute atomic E-state index is 13.6. The minimum atomic E-state index is -3.65. The Hall–Kier alpha value is -3.79. The Bertz CT molecular complexity index is 1400. The Labute approximate surface area is 196 Å². The Balaban J connectivity index is 1.48. The van der Waals surface area contributed by atoms with Crippen molar-refractivity contribution in [3.63, 3.8) is 0 Å². The van der Waals surface area contributed by atoms with Crippen molar-refractivity contribution < 1.29 is 22.3 Å². The van der Waals surface area contributed by atoms with Gasteiger partial charge in [-0.25, -0.2) is 12.8 Å². The smallest absolute Gasteiger partial charge is 0.259 e. The third-order valence-electron chi connectivity index (χ3n) is 5.13. The van der Waals surface area contributed by atoms with Crippen LogP contribution in [0.25, 0.3) is 11.3 Å². The Morgan fingerprint density at radius 1 is 1.18 bits per heavy atom. The number of halogens is 1. The number of nitrogens with zero attached hydrogens (tertiary/aromatic N) is 2. The highest BCUT2D eigenvalue weighted by molar-refractivity contribution is 7.89. The molecule has 2 aromatic carbocycles. The predicted molar refractivity (Wildman–Crippen MR) is 126 cm³/mol. The van der Waals surface area contributed by atoms with Crippen molar-refractivity contribution in [1.82, 2.24) is 10.3 Å². The second-order valence-electron chi connectivity index (χ2n) is 8.56. The standard InChI is InChI=1S/C24H23FN4O4S/c1-24(2,14-33-20-8-4-6-17-13-34(31,32)29-22(26)21(17)20)28-23(30)16-9-10-27-19(12-16)15-5-3-7-18(25)11-15/h3-12H,13-14H2,1-2H3,(H2,26,29)(H,28,30). The summed E-state index contributed by atoms with van der Waals surface area (Å²) in [4.78, 5) is 17.1. The molecule has 0 spiro atoms. The van der Waals surface area contributed by atoms with Crippen LogP contribution < -0.4 is 15.8 Å². The SMILES string of the molecule is CC(C)(COc1cccc2c1C(N)=NS(=O)(=O)C2)NC(=O)c1ccnc(-c2cccc(F)c2)c1. The van der Waals surface area contributed by atoms with Crippen molar-refractivity contribution in [2.45, 2.75) is 25.1 Å². The van der Waals surface area contributed by atoms with Crippen LogP contribution in [0.1, 0.15) is 35.3 Å². The highest BCUT2D eigenvalue weighted by Gasteiger charge is 2.27. The molecule has 0 radical (unpaired) electrons. The molecule has 2 heterocycles. The number of rotatable bonds is 6. The van der Waals surface area contributed by atoms with Crippen molar-refractivity contribution in [2.75, 3.05) is 6.61 Å². The lowest BCUT2D eigenvalue weighted by atomic mass is 10.0. The van der Waals surface area contributed by atoms with Crippen LogP contribution in [0, 0.1) is 5.82 Å². The molecular weight excluding hydrogens is 459 g/mol. The third kappa shape index (κ3) is 5.23. The van der Waals surface area contributed by atoms with Gasteiger partial charge in [-0.05, 0) is 49.7 Å². The summed E-state index contributed by atoms with van der Waals surface area (Å²) in [5.41, 5.74) is 7.43. The molecule has 1 aliphatic heterocycles. The number of sulfonamides is 1. The van der Waals surface area contributed by atoms with E-state index in [1.165, 1.54) is 18.3 Å². The number of ether oxygens (including phenoxy) is 1. The molecule has 0 atom stereocenters. The lowest BCUT2D eigenvalue weighted by molar-refractivity contribution is 0.0880. The summed E-state index contributed by atoms with van der Waals surface area (Å²) in [6.07, 6.45) is 1.49. The number of aromatic nitrogens is 1. The zero-order valence-electron chi connectivity index (χ0n) is 18.6. The van der Waals surface area contributed by atoms with Crippen molar-refractivity contribution in [3.8, 4) is 17.0 Å². The molecule has 1 aromatic heterocycles. The van der Waals surface area contributed by atoms with Crippen molar-refractivity contribution in [1.29, 1.82) is 0 Å². The van der Waals surface area contributed by atoms with Gasteiger partial charge in [0.25, 0.3) is 15.9 Å². The van der Waals surface area contributed by atoms with Gasteiger partial charge in [-0.2, -0.15) is 0 Å². The monoisotopic (exact) mass is 482 g/mol. The van der Waals surface area contributed by atoms with E-state index in [-0.39, 0.29) is 29.9 Å². The van der Waals surface area contributed by atoms with Gasteiger partial charge in [0.2, 0.25) is 0 Å². The van der Waals surface area contributed by atoms with Gasteiger partial charge >= 0.3 is 0 Å². The number of fused-ring (bicyclic) bond motifs is 1. The summed E-state index contributed by atoms with van der Waals surface area (Å²) < 4.78 is 46.8. The van der Waals surface area contributed by atoms with E-state index in [0.29, 0.717) is 33.7 Å². The van der Waals surface area contributed by atoms with Gasteiger partial charge in [-0.3, -0.25) is 9.78 Å². The van der Waals surface area contributed by atoms with E-state index in [0.717, 1.165) is 0 Å². The number of carbonyl (C=O) groups excluding carboxylic acids is 1. The molecule has 1 aliphatic rings. The van der Waals surface area contributed by atoms with E-state index >= 15 is 0 Å². The largest absolute Gasteiger partial charge is 0.490 e. The molecule has 3 N–H and O–H groups in total. The summed E-state index contributed by atoms with van der Waals surface area (Å²) in [7, 11) is -3.65. The minimum Gasteiger partial charge on any atom is -0.490 e. The quantitative estimate of drug-likeness (QED) is 0.557. The zero-order chi connectivity index (χ0) is 24.5. The second kappa shape index (κ2) is 8.86. The Morgan fingerprint density at radius 3 is 2.71 bits per heavy atom. The summed E-state index contributed by atoms with van der Waals surface area (Å²) in [5.74, 6) is -0.737. The molecular formula is C24H23FN4O4S. The van der Waals surface area contributed by atoms with Crippen LogP contribution in [-0.4, -0.2) is 37.3 Å². The average molecular weight is 483 g/mol. The van der Waals surface area contributed by atoms with E-state index in [4.69, 9.17) is 10.5 Å². The lowest BCUT2D eigenvalue weighted by Crippen LogP contribution is -2.48. The molecule has 0 saturated heterocycles. The molecule has 4 rings (SSSR count). The van der Waals surface area contributed by atoms with Crippen LogP contribution in [0.5, 0.6) is 5.75 Å². The first-order valence-corrected chi connectivity index (χ1v) is 12.0. The molecule has 0 bridgehead atoms. The minimum absolute atomic E-state index is 0.0804. The number of amides is 1. The maximum Gasteiger partial charge on any atom is 0.259 e. The summed E-state index contributed by atoms with van der Waals surface area (Å²) in [5, 5.41) is 2.91. The van der Waals surface area contributed by atoms with Crippen LogP contribution in [0.4, 0.5) is 4.39 Å². The predicted octanol–water partition coefficient (Wildman–Crippen LogP) is 3.02. The molecule has 8 nitrogen and oxygen atoms in total. The maximum atomic E-state index is 13.6. The van der Waals surface area contributed by atoms with Crippen LogP contribution in [0.15, 0.2) is 65.2 Å². The number of pyridine rings is 1. The highest BCUT2D eigenvalue weighted by atomic mass is 32.2. The van der Waals surface area contributed by atoms with Crippen molar-refractivity contribution >= 4 is 21.8 Å². The van der Waals surface area contributed by atoms with Crippen LogP contribution >= 0.6 is 0 Å². The van der Waals surface area contributed by atoms with E-state index in [1.807, 2.05) is 0 Å². The van der Waals surface area contributed by atoms with Crippen molar-refractivity contribution in [3.05, 3.63) is 83.3 Å². The molecule has 0 aliphatic carbocycles. The summed E-state index contributed by atoms with van der Waals surface area (Å²) in [6, 6.07) is 14.2. The van der Waals surface area contributed by atoms with Gasteiger partial charge < -0.3 is 15.8 Å². The molecule has 176 valence electrons. The molecule has 3 aromatic rings. The fraction of sp³-hybridized carbons (Fsp3) is 0.208. The van der Waals surface area contributed by atoms with E-state index < -0.39 is 15.6 Å². The first-order valence-electron chi connectivity index (χ1n) is 10.4. The van der Waals surface area contributed by atoms with Gasteiger partial charge in [0.1, 0.15) is 24.0 Å². The number of hydrogen-bond donors (Lipinski definition) is 2. The summed E-state index contributed by atoms with van der Waals surface area (Å²) >= 11 is 0. The van der Waals surface area contributed by atoms with Gasteiger partial charge in [-0.15, -0.1) is 4.40 Å². The first kappa shape index (κ1) is 23.4. The van der Waals surface area contributed by atoms with Gasteiger partial charge in [0.05, 0.1) is 22.5 Å². The molecule has 10 heteroatoms. The highest BCUT2D eigenvalue weighted by Crippen LogP contribution is 2.28. The Morgan fingerprint density at radius 2 is 1.94 bits per heavy atom. The molecule has 0 fully saturated rings. The second-order valence-corrected chi connectivity index (χ2v) is 10.2. The normalized spacial score (nSPS) is 14.6. The number of amidine groups is 1. The number of hydrogen-bond acceptors (Lipinski definition) is 6. The lowest BCUT2D eigenvalue weighted by Gasteiger charge is -2.27. The number of nitrogens with two attached hydrogens (primary N) is 1. The average Bonchev–Trinajstić information content (AvgIpc) is 2.76. The van der Waals surface area contributed by atoms with Crippen LogP contribution in [0.3, 0.4) is 0 Å². The fourth-order valence-corrected chi connectivity index (χ4v) is 4.67. The number of nitrogens with one attached hydrogen (secondary N) is 1. The molecule has 0 unspecified atom stereocenters. The van der Waals surface area contributed by atoms with Gasteiger partial charge in [-0.1, -0.05) is 24.3 Å². The number of benzene rings is 2. The van der Waals surface area contributed by atoms with E-state index in [2.05, 4.69) is 14.7 Å². The zero-order valence-corrected chi connectivity index (χ0v) is 19.4. The van der Waals surface area contributed by atoms with Gasteiger partial charge in [0, 0.05) is 17.3 Å². The molecule has 1 amide bonds. The summed E-state index contributed by atoms with van der Waals surface area (Å²) in [6.45, 7) is 3.66. The van der Waals surface area contributed by atoms with Crippen molar-refractivity contribution in [2.24, 2.45) is 10.1 Å². The van der Waals surface area contributed by atoms with E-state index in [1.54, 1.807) is 56.3 Å². The van der Waals surface area contributed by atoms with E-state index in [9.17, 15) is 17.6 Å².